The van der Waals surface area contributed by atoms with E-state index in [1.54, 1.807) is 0 Å². The predicted molar refractivity (Wildman–Crippen MR) is 50.0 cm³/mol. The van der Waals surface area contributed by atoms with Crippen LogP contribution in [0.3, 0.4) is 0 Å². The largest absolute Gasteiger partial charge is 0.433 e. The zero-order valence-corrected chi connectivity index (χ0v) is 8.08. The molecule has 2 rings (SSSR count). The van der Waals surface area contributed by atoms with E-state index in [1.807, 2.05) is 0 Å². The van der Waals surface area contributed by atoms with Crippen molar-refractivity contribution in [2.75, 3.05) is 18.0 Å². The van der Waals surface area contributed by atoms with Crippen LogP contribution in [-0.4, -0.2) is 24.1 Å². The average Bonchev–Trinajstić information content (AvgIpc) is 2.63. The number of nitrogens with zero attached hydrogens (tertiary/aromatic N) is 2. The second-order valence-corrected chi connectivity index (χ2v) is 3.28. The Hall–Kier alpha value is -1.79. The van der Waals surface area contributed by atoms with Crippen molar-refractivity contribution in [1.29, 1.82) is 0 Å². The van der Waals surface area contributed by atoms with Gasteiger partial charge >= 0.3 is 12.2 Å². The first-order valence-electron chi connectivity index (χ1n) is 4.57. The third-order valence-electron chi connectivity index (χ3n) is 2.20. The molecule has 86 valence electrons. The first-order chi connectivity index (χ1) is 7.48. The maximum atomic E-state index is 12.4. The van der Waals surface area contributed by atoms with E-state index in [2.05, 4.69) is 10.3 Å². The van der Waals surface area contributed by atoms with E-state index < -0.39 is 11.9 Å². The molecule has 2 amide bonds. The van der Waals surface area contributed by atoms with Crippen LogP contribution in [0.5, 0.6) is 0 Å². The molecular weight excluding hydrogens is 223 g/mol. The maximum Gasteiger partial charge on any atom is 0.433 e. The molecule has 0 saturated carbocycles. The SMILES string of the molecule is O=C1NCCN1c1ccnc(C(F)(F)F)c1. The summed E-state index contributed by atoms with van der Waals surface area (Å²) in [6.07, 6.45) is -3.45. The molecule has 0 radical (unpaired) electrons. The van der Waals surface area contributed by atoms with Crippen LogP contribution in [0.2, 0.25) is 0 Å². The minimum atomic E-state index is -4.49. The molecule has 1 fully saturated rings. The number of rotatable bonds is 1. The molecule has 1 aliphatic heterocycles. The zero-order chi connectivity index (χ0) is 11.8. The minimum absolute atomic E-state index is 0.206. The zero-order valence-electron chi connectivity index (χ0n) is 8.08. The molecule has 0 aromatic carbocycles. The van der Waals surface area contributed by atoms with Gasteiger partial charge in [-0.05, 0) is 12.1 Å². The Balaban J connectivity index is 2.32. The van der Waals surface area contributed by atoms with Gasteiger partial charge in [0.15, 0.2) is 0 Å². The van der Waals surface area contributed by atoms with Crippen molar-refractivity contribution in [3.8, 4) is 0 Å². The van der Waals surface area contributed by atoms with Crippen LogP contribution in [0.25, 0.3) is 0 Å². The van der Waals surface area contributed by atoms with Crippen molar-refractivity contribution >= 4 is 11.7 Å². The lowest BCUT2D eigenvalue weighted by Crippen LogP contribution is -2.28. The lowest BCUT2D eigenvalue weighted by molar-refractivity contribution is -0.141. The molecule has 1 aliphatic rings. The highest BCUT2D eigenvalue weighted by molar-refractivity contribution is 5.93. The number of nitrogens with one attached hydrogen (secondary N) is 1. The quantitative estimate of drug-likeness (QED) is 0.798. The van der Waals surface area contributed by atoms with E-state index in [0.717, 1.165) is 12.3 Å². The van der Waals surface area contributed by atoms with Gasteiger partial charge in [0.1, 0.15) is 5.69 Å². The molecule has 0 unspecified atom stereocenters. The van der Waals surface area contributed by atoms with Crippen molar-refractivity contribution < 1.29 is 18.0 Å². The first kappa shape index (κ1) is 10.7. The predicted octanol–water partition coefficient (Wildman–Crippen LogP) is 1.63. The minimum Gasteiger partial charge on any atom is -0.336 e. The lowest BCUT2D eigenvalue weighted by Gasteiger charge is -2.15. The van der Waals surface area contributed by atoms with Crippen molar-refractivity contribution in [1.82, 2.24) is 10.3 Å². The number of amides is 2. The molecule has 0 atom stereocenters. The molecule has 1 aromatic rings. The highest BCUT2D eigenvalue weighted by Gasteiger charge is 2.33. The third kappa shape index (κ3) is 1.93. The molecule has 0 aliphatic carbocycles. The fourth-order valence-electron chi connectivity index (χ4n) is 1.46. The lowest BCUT2D eigenvalue weighted by atomic mass is 10.3. The molecule has 0 spiro atoms. The van der Waals surface area contributed by atoms with Gasteiger partial charge in [0.2, 0.25) is 0 Å². The summed E-state index contributed by atoms with van der Waals surface area (Å²) < 4.78 is 37.1. The molecule has 4 nitrogen and oxygen atoms in total. The maximum absolute atomic E-state index is 12.4. The highest BCUT2D eigenvalue weighted by atomic mass is 19.4. The van der Waals surface area contributed by atoms with Crippen molar-refractivity contribution in [2.24, 2.45) is 0 Å². The fourth-order valence-corrected chi connectivity index (χ4v) is 1.46. The monoisotopic (exact) mass is 231 g/mol. The van der Waals surface area contributed by atoms with Gasteiger partial charge in [0.05, 0.1) is 0 Å². The molecule has 16 heavy (non-hydrogen) atoms. The number of pyridine rings is 1. The standard InChI is InChI=1S/C9H8F3N3O/c10-9(11,12)7-5-6(1-2-13-7)15-4-3-14-8(15)16/h1-2,5H,3-4H2,(H,14,16). The Bertz CT molecular complexity index is 419. The Morgan fingerprint density at radius 1 is 1.44 bits per heavy atom. The van der Waals surface area contributed by atoms with E-state index >= 15 is 0 Å². The summed E-state index contributed by atoms with van der Waals surface area (Å²) in [6, 6.07) is 1.85. The Morgan fingerprint density at radius 2 is 2.19 bits per heavy atom. The fraction of sp³-hybridized carbons (Fsp3) is 0.333. The van der Waals surface area contributed by atoms with Crippen LogP contribution in [0.4, 0.5) is 23.7 Å². The number of anilines is 1. The summed E-state index contributed by atoms with van der Waals surface area (Å²) in [5, 5.41) is 2.51. The molecule has 0 bridgehead atoms. The second-order valence-electron chi connectivity index (χ2n) is 3.28. The normalized spacial score (nSPS) is 16.4. The Labute approximate surface area is 89.1 Å². The highest BCUT2D eigenvalue weighted by Crippen LogP contribution is 2.30. The van der Waals surface area contributed by atoms with E-state index in [1.165, 1.54) is 11.0 Å². The molecule has 1 aromatic heterocycles. The summed E-state index contributed by atoms with van der Waals surface area (Å²) in [6.45, 7) is 0.794. The van der Waals surface area contributed by atoms with Crippen LogP contribution in [0.15, 0.2) is 18.3 Å². The summed E-state index contributed by atoms with van der Waals surface area (Å²) >= 11 is 0. The molecule has 7 heteroatoms. The Kier molecular flexibility index (Phi) is 2.45. The van der Waals surface area contributed by atoms with Gasteiger partial charge in [-0.1, -0.05) is 0 Å². The van der Waals surface area contributed by atoms with Gasteiger partial charge < -0.3 is 5.32 Å². The second kappa shape index (κ2) is 3.66. The van der Waals surface area contributed by atoms with E-state index in [-0.39, 0.29) is 11.7 Å². The van der Waals surface area contributed by atoms with Gasteiger partial charge in [-0.3, -0.25) is 9.88 Å². The van der Waals surface area contributed by atoms with E-state index in [0.29, 0.717) is 13.1 Å². The average molecular weight is 231 g/mol. The number of aromatic nitrogens is 1. The van der Waals surface area contributed by atoms with Gasteiger partial charge in [-0.2, -0.15) is 13.2 Å². The smallest absolute Gasteiger partial charge is 0.336 e. The van der Waals surface area contributed by atoms with E-state index in [9.17, 15) is 18.0 Å². The third-order valence-corrected chi connectivity index (χ3v) is 2.20. The van der Waals surface area contributed by atoms with Crippen molar-refractivity contribution in [3.63, 3.8) is 0 Å². The first-order valence-corrected chi connectivity index (χ1v) is 4.57. The van der Waals surface area contributed by atoms with Gasteiger partial charge in [-0.25, -0.2) is 4.79 Å². The number of carbonyl (C=O) groups is 1. The molecule has 1 N–H and O–H groups in total. The Morgan fingerprint density at radius 3 is 2.75 bits per heavy atom. The summed E-state index contributed by atoms with van der Waals surface area (Å²) in [5.74, 6) is 0. The van der Waals surface area contributed by atoms with Crippen LogP contribution >= 0.6 is 0 Å². The number of urea groups is 1. The molecular formula is C9H8F3N3O. The van der Waals surface area contributed by atoms with Crippen LogP contribution < -0.4 is 10.2 Å². The van der Waals surface area contributed by atoms with Crippen LogP contribution in [-0.2, 0) is 6.18 Å². The van der Waals surface area contributed by atoms with Gasteiger partial charge in [-0.15, -0.1) is 0 Å². The number of hydrogen-bond acceptors (Lipinski definition) is 2. The molecule has 1 saturated heterocycles. The summed E-state index contributed by atoms with van der Waals surface area (Å²) in [5.41, 5.74) is -0.790. The number of hydrogen-bond donors (Lipinski definition) is 1. The topological polar surface area (TPSA) is 45.2 Å². The van der Waals surface area contributed by atoms with Crippen LogP contribution in [0.1, 0.15) is 5.69 Å². The van der Waals surface area contributed by atoms with E-state index in [4.69, 9.17) is 0 Å². The summed E-state index contributed by atoms with van der Waals surface area (Å²) in [7, 11) is 0. The number of halogens is 3. The van der Waals surface area contributed by atoms with Crippen LogP contribution in [0, 0.1) is 0 Å². The number of alkyl halides is 3. The molecule has 2 heterocycles. The van der Waals surface area contributed by atoms with Gasteiger partial charge in [0.25, 0.3) is 0 Å². The number of carbonyl (C=O) groups excluding carboxylic acids is 1. The van der Waals surface area contributed by atoms with Crippen molar-refractivity contribution in [2.45, 2.75) is 6.18 Å². The van der Waals surface area contributed by atoms with Crippen molar-refractivity contribution in [3.05, 3.63) is 24.0 Å². The van der Waals surface area contributed by atoms with Gasteiger partial charge in [0, 0.05) is 25.0 Å². The summed E-state index contributed by atoms with van der Waals surface area (Å²) in [4.78, 5) is 15.7.